The van der Waals surface area contributed by atoms with Crippen molar-refractivity contribution >= 4 is 17.5 Å². The zero-order chi connectivity index (χ0) is 14.5. The number of halogens is 1. The Labute approximate surface area is 124 Å². The Morgan fingerprint density at radius 2 is 2.00 bits per heavy atom. The first-order valence-electron chi connectivity index (χ1n) is 6.98. The smallest absolute Gasteiger partial charge is 0.219 e. The maximum absolute atomic E-state index is 11.2. The van der Waals surface area contributed by atoms with E-state index in [1.807, 2.05) is 17.0 Å². The number of hydrogen-bond donors (Lipinski definition) is 2. The van der Waals surface area contributed by atoms with Crippen LogP contribution in [0.15, 0.2) is 24.3 Å². The summed E-state index contributed by atoms with van der Waals surface area (Å²) in [6.45, 7) is 3.72. The summed E-state index contributed by atoms with van der Waals surface area (Å²) in [5, 5.41) is 14.2. The third kappa shape index (κ3) is 4.20. The molecule has 0 bridgehead atoms. The SMILES string of the molecule is CC(=O)N1CCC(NCC(O)c2ccc(Cl)cc2)CC1. The van der Waals surface area contributed by atoms with Gasteiger partial charge in [0.25, 0.3) is 0 Å². The Balaban J connectivity index is 1.75. The predicted octanol–water partition coefficient (Wildman–Crippen LogP) is 1.97. The van der Waals surface area contributed by atoms with Crippen LogP contribution in [0.4, 0.5) is 0 Å². The average molecular weight is 297 g/mol. The van der Waals surface area contributed by atoms with Gasteiger partial charge in [-0.25, -0.2) is 0 Å². The molecule has 110 valence electrons. The van der Waals surface area contributed by atoms with Crippen molar-refractivity contribution in [1.29, 1.82) is 0 Å². The van der Waals surface area contributed by atoms with Crippen LogP contribution in [0.25, 0.3) is 0 Å². The normalized spacial score (nSPS) is 18.1. The summed E-state index contributed by atoms with van der Waals surface area (Å²) in [6.07, 6.45) is 1.35. The number of aliphatic hydroxyl groups is 1. The van der Waals surface area contributed by atoms with E-state index in [4.69, 9.17) is 11.6 Å². The van der Waals surface area contributed by atoms with Crippen molar-refractivity contribution in [3.63, 3.8) is 0 Å². The molecule has 1 aliphatic rings. The van der Waals surface area contributed by atoms with Gasteiger partial charge >= 0.3 is 0 Å². The number of carbonyl (C=O) groups is 1. The molecular formula is C15H21ClN2O2. The summed E-state index contributed by atoms with van der Waals surface area (Å²) in [7, 11) is 0. The van der Waals surface area contributed by atoms with E-state index in [1.165, 1.54) is 0 Å². The lowest BCUT2D eigenvalue weighted by atomic mass is 10.0. The lowest BCUT2D eigenvalue weighted by Crippen LogP contribution is -2.45. The Bertz CT molecular complexity index is 442. The predicted molar refractivity (Wildman–Crippen MR) is 79.7 cm³/mol. The van der Waals surface area contributed by atoms with E-state index in [0.29, 0.717) is 17.6 Å². The van der Waals surface area contributed by atoms with Crippen LogP contribution in [0.3, 0.4) is 0 Å². The maximum Gasteiger partial charge on any atom is 0.219 e. The number of likely N-dealkylation sites (tertiary alicyclic amines) is 1. The molecule has 1 atom stereocenters. The van der Waals surface area contributed by atoms with Crippen LogP contribution >= 0.6 is 11.6 Å². The van der Waals surface area contributed by atoms with Gasteiger partial charge in [0.2, 0.25) is 5.91 Å². The number of carbonyl (C=O) groups excluding carboxylic acids is 1. The number of nitrogens with one attached hydrogen (secondary N) is 1. The largest absolute Gasteiger partial charge is 0.387 e. The van der Waals surface area contributed by atoms with Gasteiger partial charge in [-0.15, -0.1) is 0 Å². The monoisotopic (exact) mass is 296 g/mol. The van der Waals surface area contributed by atoms with Crippen molar-refractivity contribution in [3.05, 3.63) is 34.9 Å². The first kappa shape index (κ1) is 15.3. The summed E-state index contributed by atoms with van der Waals surface area (Å²) in [6, 6.07) is 7.62. The Kier molecular flexibility index (Phi) is 5.40. The Hall–Kier alpha value is -1.10. The number of hydrogen-bond acceptors (Lipinski definition) is 3. The number of amides is 1. The summed E-state index contributed by atoms with van der Waals surface area (Å²) in [5.41, 5.74) is 0.864. The van der Waals surface area contributed by atoms with Crippen molar-refractivity contribution in [2.45, 2.75) is 31.9 Å². The van der Waals surface area contributed by atoms with Crippen LogP contribution in [0.2, 0.25) is 5.02 Å². The van der Waals surface area contributed by atoms with Gasteiger partial charge in [0.05, 0.1) is 6.10 Å². The van der Waals surface area contributed by atoms with Crippen LogP contribution in [-0.4, -0.2) is 41.6 Å². The summed E-state index contributed by atoms with van der Waals surface area (Å²) >= 11 is 5.82. The van der Waals surface area contributed by atoms with E-state index in [1.54, 1.807) is 19.1 Å². The van der Waals surface area contributed by atoms with Gasteiger partial charge in [0.1, 0.15) is 0 Å². The Morgan fingerprint density at radius 3 is 2.55 bits per heavy atom. The average Bonchev–Trinajstić information content (AvgIpc) is 2.46. The molecule has 1 heterocycles. The van der Waals surface area contributed by atoms with Gasteiger partial charge in [-0.2, -0.15) is 0 Å². The molecular weight excluding hydrogens is 276 g/mol. The van der Waals surface area contributed by atoms with Gasteiger partial charge in [-0.3, -0.25) is 4.79 Å². The fourth-order valence-electron chi connectivity index (χ4n) is 2.48. The fraction of sp³-hybridized carbons (Fsp3) is 0.533. The summed E-state index contributed by atoms with van der Waals surface area (Å²) < 4.78 is 0. The molecule has 1 aliphatic heterocycles. The molecule has 1 unspecified atom stereocenters. The molecule has 20 heavy (non-hydrogen) atoms. The molecule has 0 aromatic heterocycles. The standard InChI is InChI=1S/C15H21ClN2O2/c1-11(19)18-8-6-14(7-9-18)17-10-15(20)12-2-4-13(16)5-3-12/h2-5,14-15,17,20H,6-10H2,1H3. The highest BCUT2D eigenvalue weighted by molar-refractivity contribution is 6.30. The highest BCUT2D eigenvalue weighted by atomic mass is 35.5. The zero-order valence-corrected chi connectivity index (χ0v) is 12.4. The number of benzene rings is 1. The molecule has 0 aliphatic carbocycles. The van der Waals surface area contributed by atoms with Gasteiger partial charge in [-0.1, -0.05) is 23.7 Å². The minimum atomic E-state index is -0.530. The molecule has 5 heteroatoms. The van der Waals surface area contributed by atoms with Crippen molar-refractivity contribution in [2.75, 3.05) is 19.6 Å². The van der Waals surface area contributed by atoms with Crippen LogP contribution < -0.4 is 5.32 Å². The molecule has 0 radical (unpaired) electrons. The number of rotatable bonds is 4. The van der Waals surface area contributed by atoms with E-state index >= 15 is 0 Å². The number of aliphatic hydroxyl groups excluding tert-OH is 1. The molecule has 2 N–H and O–H groups in total. The van der Waals surface area contributed by atoms with Gasteiger partial charge in [0, 0.05) is 37.6 Å². The molecule has 2 rings (SSSR count). The molecule has 1 aromatic carbocycles. The highest BCUT2D eigenvalue weighted by Gasteiger charge is 2.21. The van der Waals surface area contributed by atoms with Crippen LogP contribution in [0.5, 0.6) is 0 Å². The topological polar surface area (TPSA) is 52.6 Å². The second-order valence-electron chi connectivity index (χ2n) is 5.26. The lowest BCUT2D eigenvalue weighted by molar-refractivity contribution is -0.129. The minimum absolute atomic E-state index is 0.143. The molecule has 1 saturated heterocycles. The third-order valence-corrected chi connectivity index (χ3v) is 4.05. The molecule has 1 fully saturated rings. The van der Waals surface area contributed by atoms with Gasteiger partial charge in [0.15, 0.2) is 0 Å². The first-order valence-corrected chi connectivity index (χ1v) is 7.36. The Morgan fingerprint density at radius 1 is 1.40 bits per heavy atom. The number of nitrogens with zero attached hydrogens (tertiary/aromatic N) is 1. The van der Waals surface area contributed by atoms with Gasteiger partial charge in [-0.05, 0) is 30.5 Å². The van der Waals surface area contributed by atoms with E-state index < -0.39 is 6.10 Å². The first-order chi connectivity index (χ1) is 9.56. The quantitative estimate of drug-likeness (QED) is 0.893. The molecule has 4 nitrogen and oxygen atoms in total. The van der Waals surface area contributed by atoms with E-state index in [0.717, 1.165) is 31.5 Å². The second kappa shape index (κ2) is 7.07. The zero-order valence-electron chi connectivity index (χ0n) is 11.7. The van der Waals surface area contributed by atoms with Crippen LogP contribution in [0.1, 0.15) is 31.4 Å². The lowest BCUT2D eigenvalue weighted by Gasteiger charge is -2.32. The van der Waals surface area contributed by atoms with E-state index in [2.05, 4.69) is 5.32 Å². The summed E-state index contributed by atoms with van der Waals surface area (Å²) in [5.74, 6) is 0.143. The van der Waals surface area contributed by atoms with E-state index in [9.17, 15) is 9.90 Å². The van der Waals surface area contributed by atoms with Crippen molar-refractivity contribution in [3.8, 4) is 0 Å². The number of piperidine rings is 1. The highest BCUT2D eigenvalue weighted by Crippen LogP contribution is 2.17. The van der Waals surface area contributed by atoms with Crippen LogP contribution in [-0.2, 0) is 4.79 Å². The second-order valence-corrected chi connectivity index (χ2v) is 5.69. The van der Waals surface area contributed by atoms with Crippen molar-refractivity contribution in [1.82, 2.24) is 10.2 Å². The van der Waals surface area contributed by atoms with Gasteiger partial charge < -0.3 is 15.3 Å². The van der Waals surface area contributed by atoms with Crippen LogP contribution in [0, 0.1) is 0 Å². The minimum Gasteiger partial charge on any atom is -0.387 e. The maximum atomic E-state index is 11.2. The fourth-order valence-corrected chi connectivity index (χ4v) is 2.61. The third-order valence-electron chi connectivity index (χ3n) is 3.79. The molecule has 1 amide bonds. The van der Waals surface area contributed by atoms with E-state index in [-0.39, 0.29) is 5.91 Å². The van der Waals surface area contributed by atoms with Crippen molar-refractivity contribution < 1.29 is 9.90 Å². The summed E-state index contributed by atoms with van der Waals surface area (Å²) in [4.78, 5) is 13.1. The molecule has 0 spiro atoms. The van der Waals surface area contributed by atoms with Crippen molar-refractivity contribution in [2.24, 2.45) is 0 Å². The molecule has 1 aromatic rings. The molecule has 0 saturated carbocycles.